The van der Waals surface area contributed by atoms with Crippen molar-refractivity contribution in [2.45, 2.75) is 0 Å². The van der Waals surface area contributed by atoms with Gasteiger partial charge in [0.2, 0.25) is 0 Å². The molecule has 0 atom stereocenters. The van der Waals surface area contributed by atoms with E-state index in [-0.39, 0.29) is 0 Å². The minimum absolute atomic E-state index is 1.26. The SMILES string of the molecule is c1ccc2c(-c3c4ccccc4c(-c4ccc(-c5cc6sc7c8ccccc8ccc7c6c6ccccc56)c5ccccc45)c4ccccc34)cccc2c1. The van der Waals surface area contributed by atoms with Gasteiger partial charge in [0.1, 0.15) is 0 Å². The van der Waals surface area contributed by atoms with Crippen molar-refractivity contribution >= 4 is 96.1 Å². The fraction of sp³-hybridized carbons (Fsp3) is 0. The topological polar surface area (TPSA) is 0 Å². The van der Waals surface area contributed by atoms with Gasteiger partial charge in [-0.15, -0.1) is 11.3 Å². The smallest absolute Gasteiger partial charge is 0.0434 e. The van der Waals surface area contributed by atoms with Crippen LogP contribution >= 0.6 is 11.3 Å². The molecule has 1 aromatic heterocycles. The molecule has 0 fully saturated rings. The Kier molecular flexibility index (Phi) is 6.60. The number of thiophene rings is 1. The van der Waals surface area contributed by atoms with Gasteiger partial charge in [-0.2, -0.15) is 0 Å². The molecule has 0 radical (unpaired) electrons. The van der Waals surface area contributed by atoms with Crippen LogP contribution in [0.15, 0.2) is 194 Å². The van der Waals surface area contributed by atoms with Gasteiger partial charge < -0.3 is 0 Å². The van der Waals surface area contributed by atoms with Crippen LogP contribution in [0.3, 0.4) is 0 Å². The van der Waals surface area contributed by atoms with Crippen molar-refractivity contribution in [2.24, 2.45) is 0 Å². The summed E-state index contributed by atoms with van der Waals surface area (Å²) in [6.45, 7) is 0. The molecule has 0 amide bonds. The summed E-state index contributed by atoms with van der Waals surface area (Å²) >= 11 is 1.92. The minimum atomic E-state index is 1.26. The van der Waals surface area contributed by atoms with Gasteiger partial charge in [-0.1, -0.05) is 188 Å². The molecule has 0 bridgehead atoms. The van der Waals surface area contributed by atoms with E-state index in [4.69, 9.17) is 0 Å². The molecule has 0 saturated carbocycles. The first-order chi connectivity index (χ1) is 27.3. The molecule has 0 aliphatic heterocycles. The second kappa shape index (κ2) is 11.9. The first kappa shape index (κ1) is 30.6. The Labute approximate surface area is 322 Å². The normalized spacial score (nSPS) is 12.0. The van der Waals surface area contributed by atoms with Crippen LogP contribution in [0.1, 0.15) is 0 Å². The molecule has 0 nitrogen and oxygen atoms in total. The second-order valence-electron chi connectivity index (χ2n) is 14.7. The molecule has 0 aliphatic carbocycles. The predicted octanol–water partition coefficient (Wildman–Crippen LogP) is 16.0. The molecule has 0 aliphatic rings. The summed E-state index contributed by atoms with van der Waals surface area (Å²) in [6.07, 6.45) is 0. The van der Waals surface area contributed by atoms with Gasteiger partial charge in [-0.05, 0) is 104 Å². The summed E-state index contributed by atoms with van der Waals surface area (Å²) in [7, 11) is 0. The minimum Gasteiger partial charge on any atom is -0.134 e. The molecule has 0 spiro atoms. The molecule has 11 aromatic carbocycles. The Morgan fingerprint density at radius 2 is 0.691 bits per heavy atom. The molecule has 1 heteroatoms. The molecule has 0 saturated heterocycles. The van der Waals surface area contributed by atoms with E-state index < -0.39 is 0 Å². The molecule has 12 rings (SSSR count). The fourth-order valence-corrected chi connectivity index (χ4v) is 10.8. The Bertz CT molecular complexity index is 3490. The van der Waals surface area contributed by atoms with Crippen LogP contribution in [0.25, 0.3) is 118 Å². The summed E-state index contributed by atoms with van der Waals surface area (Å²) in [5, 5.41) is 18.1. The number of rotatable bonds is 3. The molecule has 0 N–H and O–H groups in total. The number of hydrogen-bond acceptors (Lipinski definition) is 1. The average molecular weight is 713 g/mol. The van der Waals surface area contributed by atoms with E-state index >= 15 is 0 Å². The fourth-order valence-electron chi connectivity index (χ4n) is 9.49. The summed E-state index contributed by atoms with van der Waals surface area (Å²) < 4.78 is 2.69. The maximum atomic E-state index is 2.46. The zero-order chi connectivity index (χ0) is 36.0. The Balaban J connectivity index is 1.15. The summed E-state index contributed by atoms with van der Waals surface area (Å²) in [5.41, 5.74) is 7.66. The average Bonchev–Trinajstić information content (AvgIpc) is 3.64. The van der Waals surface area contributed by atoms with Crippen molar-refractivity contribution in [3.63, 3.8) is 0 Å². The van der Waals surface area contributed by atoms with Gasteiger partial charge in [0, 0.05) is 20.2 Å². The van der Waals surface area contributed by atoms with E-state index in [2.05, 4.69) is 194 Å². The maximum absolute atomic E-state index is 2.46. The molecule has 12 aromatic rings. The van der Waals surface area contributed by atoms with E-state index in [1.54, 1.807) is 0 Å². The van der Waals surface area contributed by atoms with Gasteiger partial charge in [0.25, 0.3) is 0 Å². The quantitative estimate of drug-likeness (QED) is 0.160. The Morgan fingerprint density at radius 1 is 0.255 bits per heavy atom. The van der Waals surface area contributed by atoms with Crippen LogP contribution in [-0.4, -0.2) is 0 Å². The third-order valence-corrected chi connectivity index (χ3v) is 13.0. The van der Waals surface area contributed by atoms with Crippen LogP contribution in [0, 0.1) is 0 Å². The van der Waals surface area contributed by atoms with Crippen molar-refractivity contribution in [2.75, 3.05) is 0 Å². The van der Waals surface area contributed by atoms with Crippen LogP contribution < -0.4 is 0 Å². The molecular formula is C54H32S. The molecule has 254 valence electrons. The lowest BCUT2D eigenvalue weighted by Gasteiger charge is -2.20. The highest BCUT2D eigenvalue weighted by molar-refractivity contribution is 7.27. The van der Waals surface area contributed by atoms with E-state index in [9.17, 15) is 0 Å². The molecule has 0 unspecified atom stereocenters. The van der Waals surface area contributed by atoms with E-state index in [1.165, 1.54) is 118 Å². The highest BCUT2D eigenvalue weighted by Gasteiger charge is 2.21. The highest BCUT2D eigenvalue weighted by atomic mass is 32.1. The third kappa shape index (κ3) is 4.45. The molecular weight excluding hydrogens is 681 g/mol. The lowest BCUT2D eigenvalue weighted by atomic mass is 9.82. The van der Waals surface area contributed by atoms with Crippen LogP contribution in [0.4, 0.5) is 0 Å². The van der Waals surface area contributed by atoms with E-state index in [0.29, 0.717) is 0 Å². The summed E-state index contributed by atoms with van der Waals surface area (Å²) in [5.74, 6) is 0. The number of fused-ring (bicyclic) bond motifs is 11. The van der Waals surface area contributed by atoms with Crippen molar-refractivity contribution in [3.05, 3.63) is 194 Å². The first-order valence-corrected chi connectivity index (χ1v) is 19.8. The number of hydrogen-bond donors (Lipinski definition) is 0. The third-order valence-electron chi connectivity index (χ3n) is 11.8. The van der Waals surface area contributed by atoms with E-state index in [0.717, 1.165) is 0 Å². The standard InChI is InChI=1S/C54H32S/c1-3-17-35-33(14-1)16-13-27-41(35)51-43-23-9-11-25-45(43)52(46-26-12-10-24-44(46)51)47-31-30-40(37-19-5-6-20-38(37)47)49-32-50-53(42-22-8-7-21-39(42)49)48-29-28-34-15-2-4-18-36(34)54(48)55-50/h1-32H. The lowest BCUT2D eigenvalue weighted by Crippen LogP contribution is -1.93. The molecule has 55 heavy (non-hydrogen) atoms. The Morgan fingerprint density at radius 3 is 1.33 bits per heavy atom. The zero-order valence-corrected chi connectivity index (χ0v) is 30.7. The summed E-state index contributed by atoms with van der Waals surface area (Å²) in [4.78, 5) is 0. The van der Waals surface area contributed by atoms with Gasteiger partial charge in [-0.25, -0.2) is 0 Å². The lowest BCUT2D eigenvalue weighted by molar-refractivity contribution is 1.68. The van der Waals surface area contributed by atoms with Crippen LogP contribution in [-0.2, 0) is 0 Å². The van der Waals surface area contributed by atoms with Gasteiger partial charge >= 0.3 is 0 Å². The number of benzene rings is 11. The monoisotopic (exact) mass is 712 g/mol. The first-order valence-electron chi connectivity index (χ1n) is 19.0. The van der Waals surface area contributed by atoms with Crippen LogP contribution in [0.2, 0.25) is 0 Å². The second-order valence-corrected chi connectivity index (χ2v) is 15.7. The zero-order valence-electron chi connectivity index (χ0n) is 29.9. The molecule has 1 heterocycles. The van der Waals surface area contributed by atoms with Crippen molar-refractivity contribution in [3.8, 4) is 33.4 Å². The van der Waals surface area contributed by atoms with Gasteiger partial charge in [0.15, 0.2) is 0 Å². The van der Waals surface area contributed by atoms with Gasteiger partial charge in [0.05, 0.1) is 0 Å². The van der Waals surface area contributed by atoms with Crippen molar-refractivity contribution in [1.82, 2.24) is 0 Å². The van der Waals surface area contributed by atoms with Crippen molar-refractivity contribution < 1.29 is 0 Å². The van der Waals surface area contributed by atoms with Gasteiger partial charge in [-0.3, -0.25) is 0 Å². The highest BCUT2D eigenvalue weighted by Crippen LogP contribution is 2.49. The largest absolute Gasteiger partial charge is 0.134 e. The summed E-state index contributed by atoms with van der Waals surface area (Å²) in [6, 6.07) is 72.2. The van der Waals surface area contributed by atoms with E-state index in [1.807, 2.05) is 11.3 Å². The maximum Gasteiger partial charge on any atom is 0.0434 e. The predicted molar refractivity (Wildman–Crippen MR) is 241 cm³/mol. The Hall–Kier alpha value is -6.80. The van der Waals surface area contributed by atoms with Crippen LogP contribution in [0.5, 0.6) is 0 Å². The van der Waals surface area contributed by atoms with Crippen molar-refractivity contribution in [1.29, 1.82) is 0 Å².